The van der Waals surface area contributed by atoms with Gasteiger partial charge >= 0.3 is 8.56 Å². The number of hydrogen-bond acceptors (Lipinski definition) is 2. The van der Waals surface area contributed by atoms with E-state index in [1.54, 1.807) is 14.2 Å². The van der Waals surface area contributed by atoms with Crippen LogP contribution in [0.5, 0.6) is 0 Å². The van der Waals surface area contributed by atoms with Gasteiger partial charge in [0.2, 0.25) is 0 Å². The molecule has 2 nitrogen and oxygen atoms in total. The molecule has 0 saturated carbocycles. The van der Waals surface area contributed by atoms with Crippen molar-refractivity contribution in [3.8, 4) is 0 Å². The van der Waals surface area contributed by atoms with E-state index >= 15 is 0 Å². The summed E-state index contributed by atoms with van der Waals surface area (Å²) >= 11 is 0. The van der Waals surface area contributed by atoms with Crippen molar-refractivity contribution in [2.75, 3.05) is 14.2 Å². The predicted octanol–water partition coefficient (Wildman–Crippen LogP) is 4.23. The largest absolute Gasteiger partial charge is 0.392 e. The van der Waals surface area contributed by atoms with Crippen LogP contribution in [-0.4, -0.2) is 22.8 Å². The molecule has 0 aliphatic heterocycles. The van der Waals surface area contributed by atoms with Crippen LogP contribution in [0.3, 0.4) is 0 Å². The Hall–Kier alpha value is -1.94. The lowest BCUT2D eigenvalue weighted by Crippen LogP contribution is -2.36. The third kappa shape index (κ3) is 4.53. The average molecular weight is 296 g/mol. The highest BCUT2D eigenvalue weighted by Gasteiger charge is 2.28. The van der Waals surface area contributed by atoms with E-state index in [1.807, 2.05) is 47.8 Å². The predicted molar refractivity (Wildman–Crippen MR) is 90.7 cm³/mol. The van der Waals surface area contributed by atoms with Gasteiger partial charge in [-0.05, 0) is 22.5 Å². The summed E-state index contributed by atoms with van der Waals surface area (Å²) < 4.78 is 11.3. The molecule has 0 fully saturated rings. The molecule has 108 valence electrons. The molecule has 3 heteroatoms. The van der Waals surface area contributed by atoms with E-state index in [1.165, 1.54) is 0 Å². The number of rotatable bonds is 6. The molecular weight excluding hydrogens is 276 g/mol. The van der Waals surface area contributed by atoms with Crippen LogP contribution < -0.4 is 0 Å². The van der Waals surface area contributed by atoms with E-state index in [4.69, 9.17) is 8.85 Å². The lowest BCUT2D eigenvalue weighted by atomic mass is 10.2. The Morgan fingerprint density at radius 2 is 1.05 bits per heavy atom. The van der Waals surface area contributed by atoms with Crippen LogP contribution in [0.2, 0.25) is 0 Å². The van der Waals surface area contributed by atoms with Crippen LogP contribution >= 0.6 is 0 Å². The number of benzene rings is 2. The minimum atomic E-state index is -2.47. The second-order valence-electron chi connectivity index (χ2n) is 4.62. The highest BCUT2D eigenvalue weighted by Crippen LogP contribution is 2.14. The van der Waals surface area contributed by atoms with Gasteiger partial charge in [0.1, 0.15) is 0 Å². The molecule has 0 radical (unpaired) electrons. The molecule has 0 aromatic heterocycles. The van der Waals surface area contributed by atoms with Crippen LogP contribution in [0.1, 0.15) is 11.1 Å². The van der Waals surface area contributed by atoms with E-state index in [0.717, 1.165) is 11.1 Å². The fourth-order valence-electron chi connectivity index (χ4n) is 1.96. The van der Waals surface area contributed by atoms with E-state index in [0.29, 0.717) is 0 Å². The van der Waals surface area contributed by atoms with Crippen molar-refractivity contribution in [3.05, 3.63) is 83.2 Å². The molecule has 0 N–H and O–H groups in total. The lowest BCUT2D eigenvalue weighted by Gasteiger charge is -2.19. The van der Waals surface area contributed by atoms with Crippen LogP contribution in [0.25, 0.3) is 12.2 Å². The third-order valence-corrected chi connectivity index (χ3v) is 5.79. The molecular formula is C18H20O2Si. The summed E-state index contributed by atoms with van der Waals surface area (Å²) in [5.74, 6) is 0. The third-order valence-electron chi connectivity index (χ3n) is 3.25. The van der Waals surface area contributed by atoms with Gasteiger partial charge in [0, 0.05) is 14.2 Å². The standard InChI is InChI=1S/C18H20O2Si/c1-19-21(20-2,15-13-17-9-5-3-6-10-17)16-14-18-11-7-4-8-12-18/h3-16H,1-2H3. The Bertz CT molecular complexity index is 536. The minimum Gasteiger partial charge on any atom is -0.392 e. The van der Waals surface area contributed by atoms with Crippen LogP contribution in [-0.2, 0) is 8.85 Å². The summed E-state index contributed by atoms with van der Waals surface area (Å²) in [6.45, 7) is 0. The highest BCUT2D eigenvalue weighted by molar-refractivity contribution is 6.78. The summed E-state index contributed by atoms with van der Waals surface area (Å²) in [6.07, 6.45) is 4.10. The molecule has 0 amide bonds. The van der Waals surface area contributed by atoms with Gasteiger partial charge in [0.25, 0.3) is 0 Å². The van der Waals surface area contributed by atoms with E-state index in [-0.39, 0.29) is 0 Å². The van der Waals surface area contributed by atoms with Crippen molar-refractivity contribution in [3.63, 3.8) is 0 Å². The maximum Gasteiger partial charge on any atom is 0.391 e. The molecule has 0 aliphatic carbocycles. The van der Waals surface area contributed by atoms with Crippen molar-refractivity contribution < 1.29 is 8.85 Å². The normalized spacial score (nSPS) is 12.3. The fourth-order valence-corrected chi connectivity index (χ4v) is 3.64. The Labute approximate surface area is 127 Å². The van der Waals surface area contributed by atoms with Crippen molar-refractivity contribution in [1.82, 2.24) is 0 Å². The summed E-state index contributed by atoms with van der Waals surface area (Å²) in [5, 5.41) is 0. The smallest absolute Gasteiger partial charge is 0.391 e. The van der Waals surface area contributed by atoms with E-state index in [9.17, 15) is 0 Å². The summed E-state index contributed by atoms with van der Waals surface area (Å²) in [7, 11) is 0.920. The first-order chi connectivity index (χ1) is 10.3. The summed E-state index contributed by atoms with van der Waals surface area (Å²) in [5.41, 5.74) is 6.36. The molecule has 0 bridgehead atoms. The van der Waals surface area contributed by atoms with Gasteiger partial charge in [-0.25, -0.2) is 0 Å². The van der Waals surface area contributed by atoms with Crippen molar-refractivity contribution in [2.45, 2.75) is 0 Å². The van der Waals surface area contributed by atoms with Crippen molar-refractivity contribution in [2.24, 2.45) is 0 Å². The molecule has 0 atom stereocenters. The first-order valence-corrected chi connectivity index (χ1v) is 8.84. The second kappa shape index (κ2) is 7.74. The minimum absolute atomic E-state index is 1.14. The molecule has 0 saturated heterocycles. The maximum atomic E-state index is 5.67. The molecule has 0 spiro atoms. The van der Waals surface area contributed by atoms with E-state index in [2.05, 4.69) is 36.4 Å². The van der Waals surface area contributed by atoms with Gasteiger partial charge in [-0.15, -0.1) is 0 Å². The van der Waals surface area contributed by atoms with Crippen LogP contribution in [0.4, 0.5) is 0 Å². The molecule has 2 aromatic carbocycles. The zero-order valence-corrected chi connectivity index (χ0v) is 13.4. The summed E-state index contributed by atoms with van der Waals surface area (Å²) in [4.78, 5) is 0. The average Bonchev–Trinajstić information content (AvgIpc) is 2.58. The van der Waals surface area contributed by atoms with Crippen LogP contribution in [0, 0.1) is 0 Å². The maximum absolute atomic E-state index is 5.67. The van der Waals surface area contributed by atoms with Gasteiger partial charge in [-0.1, -0.05) is 72.8 Å². The van der Waals surface area contributed by atoms with E-state index < -0.39 is 8.56 Å². The molecule has 2 aromatic rings. The molecule has 0 heterocycles. The van der Waals surface area contributed by atoms with Crippen molar-refractivity contribution >= 4 is 20.7 Å². The van der Waals surface area contributed by atoms with Crippen molar-refractivity contribution in [1.29, 1.82) is 0 Å². The Morgan fingerprint density at radius 3 is 1.38 bits per heavy atom. The van der Waals surface area contributed by atoms with Gasteiger partial charge in [-0.2, -0.15) is 0 Å². The Kier molecular flexibility index (Phi) is 5.69. The monoisotopic (exact) mass is 296 g/mol. The zero-order chi connectivity index (χ0) is 15.0. The van der Waals surface area contributed by atoms with Crippen LogP contribution in [0.15, 0.2) is 72.1 Å². The van der Waals surface area contributed by atoms with Gasteiger partial charge in [0.15, 0.2) is 0 Å². The highest BCUT2D eigenvalue weighted by atomic mass is 28.4. The first-order valence-electron chi connectivity index (χ1n) is 6.87. The fraction of sp³-hybridized carbons (Fsp3) is 0.111. The Morgan fingerprint density at radius 1 is 0.667 bits per heavy atom. The van der Waals surface area contributed by atoms with Gasteiger partial charge in [0.05, 0.1) is 0 Å². The summed E-state index contributed by atoms with van der Waals surface area (Å²) in [6, 6.07) is 20.3. The molecule has 2 rings (SSSR count). The first kappa shape index (κ1) is 15.4. The van der Waals surface area contributed by atoms with Gasteiger partial charge < -0.3 is 8.85 Å². The second-order valence-corrected chi connectivity index (χ2v) is 7.54. The molecule has 0 aliphatic rings. The zero-order valence-electron chi connectivity index (χ0n) is 12.4. The Balaban J connectivity index is 2.20. The lowest BCUT2D eigenvalue weighted by molar-refractivity contribution is 0.270. The molecule has 21 heavy (non-hydrogen) atoms. The quantitative estimate of drug-likeness (QED) is 0.743. The topological polar surface area (TPSA) is 18.5 Å². The number of hydrogen-bond donors (Lipinski definition) is 0. The van der Waals surface area contributed by atoms with Gasteiger partial charge in [-0.3, -0.25) is 0 Å². The molecule has 0 unspecified atom stereocenters. The SMILES string of the molecule is CO[Si](C=Cc1ccccc1)(C=Cc1ccccc1)OC.